The van der Waals surface area contributed by atoms with Gasteiger partial charge in [0.25, 0.3) is 0 Å². The van der Waals surface area contributed by atoms with Gasteiger partial charge in [0.05, 0.1) is 23.9 Å². The van der Waals surface area contributed by atoms with Gasteiger partial charge in [-0.05, 0) is 41.2 Å². The molecule has 2 aromatic carbocycles. The zero-order valence-corrected chi connectivity index (χ0v) is 17.2. The molecule has 3 rings (SSSR count). The largest absolute Gasteiger partial charge is 1.00 e. The zero-order valence-electron chi connectivity index (χ0n) is 12.7. The van der Waals surface area contributed by atoms with Crippen LogP contribution in [0, 0.1) is 0 Å². The maximum Gasteiger partial charge on any atom is 0.109 e. The molecular weight excluding hydrogens is 445 g/mol. The van der Waals surface area contributed by atoms with Crippen molar-refractivity contribution in [3.05, 3.63) is 47.5 Å². The highest BCUT2D eigenvalue weighted by Crippen LogP contribution is 2.48. The zero-order chi connectivity index (χ0) is 14.8. The summed E-state index contributed by atoms with van der Waals surface area (Å²) in [6.07, 6.45) is 5.83. The van der Waals surface area contributed by atoms with Crippen molar-refractivity contribution in [1.29, 1.82) is 0 Å². The van der Waals surface area contributed by atoms with E-state index in [2.05, 4.69) is 53.8 Å². The molecule has 0 spiro atoms. The lowest BCUT2D eigenvalue weighted by atomic mass is 10.2. The Kier molecular flexibility index (Phi) is 6.80. The molecule has 1 aliphatic heterocycles. The molecule has 0 aliphatic carbocycles. The van der Waals surface area contributed by atoms with Gasteiger partial charge in [0, 0.05) is 27.8 Å². The highest BCUT2D eigenvalue weighted by atomic mass is 127. The van der Waals surface area contributed by atoms with Crippen molar-refractivity contribution in [2.24, 2.45) is 0 Å². The summed E-state index contributed by atoms with van der Waals surface area (Å²) in [6, 6.07) is 14.9. The Hall–Kier alpha value is -0.0400. The van der Waals surface area contributed by atoms with Crippen LogP contribution in [0.5, 0.6) is 0 Å². The summed E-state index contributed by atoms with van der Waals surface area (Å²) in [6.45, 7) is 1.05. The molecule has 5 heteroatoms. The Morgan fingerprint density at radius 3 is 2.55 bits per heavy atom. The van der Waals surface area contributed by atoms with E-state index in [-0.39, 0.29) is 24.0 Å². The number of halogens is 2. The van der Waals surface area contributed by atoms with Crippen LogP contribution in [0.4, 0.5) is 11.4 Å². The number of rotatable bonds is 4. The van der Waals surface area contributed by atoms with Crippen LogP contribution >= 0.6 is 23.4 Å². The van der Waals surface area contributed by atoms with Crippen molar-refractivity contribution in [3.63, 3.8) is 0 Å². The van der Waals surface area contributed by atoms with Crippen LogP contribution in [0.2, 0.25) is 5.02 Å². The molecule has 22 heavy (non-hydrogen) atoms. The summed E-state index contributed by atoms with van der Waals surface area (Å²) < 4.78 is 0. The molecule has 0 N–H and O–H groups in total. The molecule has 2 aromatic rings. The van der Waals surface area contributed by atoms with Gasteiger partial charge in [0.15, 0.2) is 0 Å². The highest BCUT2D eigenvalue weighted by Gasteiger charge is 2.23. The first-order valence-electron chi connectivity index (χ1n) is 7.03. The minimum atomic E-state index is 0. The number of nitrogens with zero attached hydrogens (tertiary/aromatic N) is 1. The summed E-state index contributed by atoms with van der Waals surface area (Å²) in [5, 5.41) is 0.810. The molecule has 0 amide bonds. The molecule has 0 saturated heterocycles. The van der Waals surface area contributed by atoms with Gasteiger partial charge < -0.3 is 28.9 Å². The number of hydrogen-bond acceptors (Lipinski definition) is 2. The van der Waals surface area contributed by atoms with E-state index in [0.717, 1.165) is 11.6 Å². The first kappa shape index (κ1) is 18.3. The van der Waals surface area contributed by atoms with Crippen LogP contribution in [0.1, 0.15) is 6.42 Å². The fraction of sp³-hybridized carbons (Fsp3) is 0.294. The molecule has 1 nitrogen and oxygen atoms in total. The molecule has 0 fully saturated rings. The molecule has 0 aromatic heterocycles. The second-order valence-corrected chi connectivity index (χ2v) is 9.28. The van der Waals surface area contributed by atoms with Crippen LogP contribution in [0.25, 0.3) is 0 Å². The standard InChI is InChI=1S/C17H19ClNS2.HI/c1-21(2)11-5-10-19-14-6-3-4-7-16(14)20-17-9-8-13(18)12-15(17)19;/h3-4,6-9,12H,5,10-11H2,1-2H3;1H/q+1;/p-1. The Bertz CT molecular complexity index is 648. The minimum absolute atomic E-state index is 0. The lowest BCUT2D eigenvalue weighted by molar-refractivity contribution is -0.00000415. The summed E-state index contributed by atoms with van der Waals surface area (Å²) in [4.78, 5) is 5.06. The second kappa shape index (κ2) is 8.18. The van der Waals surface area contributed by atoms with Crippen molar-refractivity contribution in [2.75, 3.05) is 29.7 Å². The Morgan fingerprint density at radius 2 is 1.77 bits per heavy atom. The lowest BCUT2D eigenvalue weighted by Crippen LogP contribution is -3.00. The number of hydrogen-bond donors (Lipinski definition) is 0. The number of benzene rings is 2. The second-order valence-electron chi connectivity index (χ2n) is 5.38. The van der Waals surface area contributed by atoms with Gasteiger partial charge in [-0.2, -0.15) is 0 Å². The Morgan fingerprint density at radius 1 is 1.05 bits per heavy atom. The third-order valence-electron chi connectivity index (χ3n) is 3.52. The van der Waals surface area contributed by atoms with Crippen molar-refractivity contribution in [1.82, 2.24) is 0 Å². The summed E-state index contributed by atoms with van der Waals surface area (Å²) >= 11 is 8.06. The van der Waals surface area contributed by atoms with Crippen molar-refractivity contribution < 1.29 is 24.0 Å². The fourth-order valence-electron chi connectivity index (χ4n) is 2.55. The van der Waals surface area contributed by atoms with Crippen molar-refractivity contribution >= 4 is 45.6 Å². The average molecular weight is 464 g/mol. The fourth-order valence-corrected chi connectivity index (χ4v) is 4.50. The number of anilines is 2. The van der Waals surface area contributed by atoms with E-state index in [4.69, 9.17) is 11.6 Å². The van der Waals surface area contributed by atoms with Crippen LogP contribution in [0.15, 0.2) is 52.3 Å². The normalized spacial score (nSPS) is 12.6. The summed E-state index contributed by atoms with van der Waals surface area (Å²) in [5.41, 5.74) is 2.56. The Balaban J connectivity index is 0.00000176. The highest BCUT2D eigenvalue weighted by molar-refractivity contribution is 7.99. The number of fused-ring (bicyclic) bond motifs is 2. The predicted molar refractivity (Wildman–Crippen MR) is 97.7 cm³/mol. The lowest BCUT2D eigenvalue weighted by Gasteiger charge is -2.32. The third kappa shape index (κ3) is 4.08. The van der Waals surface area contributed by atoms with Gasteiger partial charge in [-0.15, -0.1) is 0 Å². The third-order valence-corrected chi connectivity index (χ3v) is 5.99. The summed E-state index contributed by atoms with van der Waals surface area (Å²) in [5.74, 6) is 1.28. The molecule has 1 heterocycles. The monoisotopic (exact) mass is 463 g/mol. The first-order valence-corrected chi connectivity index (χ1v) is 10.4. The van der Waals surface area contributed by atoms with Gasteiger partial charge in [-0.1, -0.05) is 35.5 Å². The van der Waals surface area contributed by atoms with Crippen molar-refractivity contribution in [3.8, 4) is 0 Å². The van der Waals surface area contributed by atoms with E-state index >= 15 is 0 Å². The molecule has 0 bridgehead atoms. The van der Waals surface area contributed by atoms with E-state index in [1.165, 1.54) is 33.3 Å². The van der Waals surface area contributed by atoms with Crippen LogP contribution < -0.4 is 28.9 Å². The van der Waals surface area contributed by atoms with Crippen LogP contribution in [-0.2, 0) is 10.9 Å². The van der Waals surface area contributed by atoms with Gasteiger partial charge >= 0.3 is 0 Å². The average Bonchev–Trinajstić information content (AvgIpc) is 2.46. The van der Waals surface area contributed by atoms with Crippen LogP contribution in [-0.4, -0.2) is 24.8 Å². The van der Waals surface area contributed by atoms with E-state index in [0.29, 0.717) is 10.9 Å². The van der Waals surface area contributed by atoms with E-state index < -0.39 is 0 Å². The SMILES string of the molecule is C[S+](C)CCCN1c2ccccc2Sc2ccc(Cl)cc21.[I-]. The molecule has 0 unspecified atom stereocenters. The number of para-hydroxylation sites is 1. The molecule has 0 saturated carbocycles. The maximum atomic E-state index is 6.22. The molecule has 1 aliphatic rings. The Labute approximate surface area is 162 Å². The molecule has 0 radical (unpaired) electrons. The molecule has 0 atom stereocenters. The molecular formula is C17H19ClINS2. The van der Waals surface area contributed by atoms with Crippen LogP contribution in [0.3, 0.4) is 0 Å². The van der Waals surface area contributed by atoms with E-state index in [9.17, 15) is 0 Å². The quantitative estimate of drug-likeness (QED) is 0.505. The van der Waals surface area contributed by atoms with Crippen molar-refractivity contribution in [2.45, 2.75) is 16.2 Å². The first-order chi connectivity index (χ1) is 10.1. The van der Waals surface area contributed by atoms with Gasteiger partial charge in [-0.3, -0.25) is 0 Å². The van der Waals surface area contributed by atoms with Gasteiger partial charge in [0.2, 0.25) is 0 Å². The predicted octanol–water partition coefficient (Wildman–Crippen LogP) is 2.21. The minimum Gasteiger partial charge on any atom is -1.00 e. The smallest absolute Gasteiger partial charge is 0.109 e. The maximum absolute atomic E-state index is 6.22. The topological polar surface area (TPSA) is 3.24 Å². The molecule has 118 valence electrons. The van der Waals surface area contributed by atoms with Gasteiger partial charge in [0.1, 0.15) is 5.75 Å². The van der Waals surface area contributed by atoms with E-state index in [1.807, 2.05) is 17.8 Å². The van der Waals surface area contributed by atoms with E-state index in [1.54, 1.807) is 0 Å². The summed E-state index contributed by atoms with van der Waals surface area (Å²) in [7, 11) is 0.502. The van der Waals surface area contributed by atoms with Gasteiger partial charge in [-0.25, -0.2) is 0 Å².